The fourth-order valence-electron chi connectivity index (χ4n) is 0.805. The first kappa shape index (κ1) is 13.2. The van der Waals surface area contributed by atoms with Crippen molar-refractivity contribution in [2.75, 3.05) is 5.75 Å². The van der Waals surface area contributed by atoms with Crippen LogP contribution in [0.4, 0.5) is 0 Å². The lowest BCUT2D eigenvalue weighted by atomic mass is 10.1. The smallest absolute Gasteiger partial charge is 0.0888 e. The zero-order valence-corrected chi connectivity index (χ0v) is 9.89. The Balaban J connectivity index is 3.78. The van der Waals surface area contributed by atoms with Crippen molar-refractivity contribution in [3.8, 4) is 0 Å². The van der Waals surface area contributed by atoms with Gasteiger partial charge in [-0.1, -0.05) is 25.7 Å². The molecule has 14 heavy (non-hydrogen) atoms. The van der Waals surface area contributed by atoms with Gasteiger partial charge in [0.2, 0.25) is 0 Å². The van der Waals surface area contributed by atoms with Gasteiger partial charge in [0.05, 0.1) is 5.03 Å². The van der Waals surface area contributed by atoms with Crippen molar-refractivity contribution in [3.63, 3.8) is 0 Å². The Morgan fingerprint density at radius 2 is 2.29 bits per heavy atom. The second-order valence-electron chi connectivity index (χ2n) is 2.91. The Labute approximate surface area is 91.7 Å². The summed E-state index contributed by atoms with van der Waals surface area (Å²) in [6.07, 6.45) is 8.74. The van der Waals surface area contributed by atoms with Crippen LogP contribution >= 0.6 is 11.8 Å². The molecule has 0 aliphatic carbocycles. The van der Waals surface area contributed by atoms with E-state index >= 15 is 0 Å². The van der Waals surface area contributed by atoms with Crippen molar-refractivity contribution in [2.45, 2.75) is 20.3 Å². The molecule has 1 unspecified atom stereocenters. The van der Waals surface area contributed by atoms with E-state index in [0.717, 1.165) is 17.2 Å². The molecule has 0 aliphatic heterocycles. The maximum atomic E-state index is 4.18. The zero-order valence-electron chi connectivity index (χ0n) is 9.07. The van der Waals surface area contributed by atoms with Gasteiger partial charge < -0.3 is 0 Å². The minimum atomic E-state index is 0.564. The standard InChI is InChI=1S/C12H19NS/c1-5-8-9-13-11(4)14-10-12(6-2)7-3/h5-6,8-9,12H,2,4,7,10H2,1,3H3/b8-5-,13-9?. The number of thioether (sulfide) groups is 1. The van der Waals surface area contributed by atoms with E-state index in [1.807, 2.05) is 25.2 Å². The fourth-order valence-corrected chi connectivity index (χ4v) is 1.72. The summed E-state index contributed by atoms with van der Waals surface area (Å²) in [7, 11) is 0. The predicted octanol–water partition coefficient (Wildman–Crippen LogP) is 4.05. The quantitative estimate of drug-likeness (QED) is 0.455. The molecule has 0 rings (SSSR count). The first-order valence-electron chi connectivity index (χ1n) is 4.84. The Bertz CT molecular complexity index is 228. The van der Waals surface area contributed by atoms with E-state index in [1.54, 1.807) is 18.0 Å². The number of hydrogen-bond donors (Lipinski definition) is 0. The van der Waals surface area contributed by atoms with Crippen molar-refractivity contribution >= 4 is 18.0 Å². The molecule has 0 amide bonds. The summed E-state index contributed by atoms with van der Waals surface area (Å²) in [5.41, 5.74) is 0. The lowest BCUT2D eigenvalue weighted by Gasteiger charge is -2.07. The Kier molecular flexibility index (Phi) is 8.34. The third-order valence-corrected chi connectivity index (χ3v) is 2.85. The molecule has 0 N–H and O–H groups in total. The van der Waals surface area contributed by atoms with Crippen molar-refractivity contribution in [2.24, 2.45) is 10.9 Å². The topological polar surface area (TPSA) is 12.4 Å². The summed E-state index contributed by atoms with van der Waals surface area (Å²) in [4.78, 5) is 4.18. The summed E-state index contributed by atoms with van der Waals surface area (Å²) in [6.45, 7) is 11.8. The Hall–Kier alpha value is -0.760. The maximum Gasteiger partial charge on any atom is 0.0888 e. The average Bonchev–Trinajstić information content (AvgIpc) is 2.20. The summed E-state index contributed by atoms with van der Waals surface area (Å²) in [6, 6.07) is 0. The number of hydrogen-bond acceptors (Lipinski definition) is 2. The number of allylic oxidation sites excluding steroid dienone is 3. The van der Waals surface area contributed by atoms with E-state index < -0.39 is 0 Å². The van der Waals surface area contributed by atoms with Gasteiger partial charge in [0.15, 0.2) is 0 Å². The summed E-state index contributed by atoms with van der Waals surface area (Å²) in [5, 5.41) is 0.864. The highest BCUT2D eigenvalue weighted by molar-refractivity contribution is 8.03. The van der Waals surface area contributed by atoms with Gasteiger partial charge in [-0.3, -0.25) is 4.99 Å². The molecule has 1 nitrogen and oxygen atoms in total. The number of rotatable bonds is 7. The van der Waals surface area contributed by atoms with Gasteiger partial charge in [-0.05, 0) is 25.3 Å². The fraction of sp³-hybridized carbons (Fsp3) is 0.417. The molecule has 0 aliphatic rings. The maximum absolute atomic E-state index is 4.18. The van der Waals surface area contributed by atoms with Crippen LogP contribution in [0.25, 0.3) is 0 Å². The zero-order chi connectivity index (χ0) is 10.8. The molecule has 78 valence electrons. The third kappa shape index (κ3) is 6.72. The van der Waals surface area contributed by atoms with Gasteiger partial charge in [-0.25, -0.2) is 0 Å². The van der Waals surface area contributed by atoms with E-state index in [2.05, 4.69) is 25.1 Å². The molecule has 0 fully saturated rings. The van der Waals surface area contributed by atoms with Gasteiger partial charge in [0.25, 0.3) is 0 Å². The van der Waals surface area contributed by atoms with Crippen LogP contribution in [0.3, 0.4) is 0 Å². The molecule has 1 atom stereocenters. The normalized spacial score (nSPS) is 13.6. The van der Waals surface area contributed by atoms with Crippen molar-refractivity contribution in [3.05, 3.63) is 36.4 Å². The lowest BCUT2D eigenvalue weighted by molar-refractivity contribution is 0.712. The minimum Gasteiger partial charge on any atom is -0.251 e. The molecule has 2 heteroatoms. The van der Waals surface area contributed by atoms with Gasteiger partial charge in [-0.2, -0.15) is 0 Å². The molecule has 0 bridgehead atoms. The van der Waals surface area contributed by atoms with E-state index in [4.69, 9.17) is 0 Å². The monoisotopic (exact) mass is 209 g/mol. The SMILES string of the molecule is C=CC(CC)CSC(=C)N=C/C=C\C. The summed E-state index contributed by atoms with van der Waals surface area (Å²) >= 11 is 1.69. The van der Waals surface area contributed by atoms with Gasteiger partial charge in [-0.15, -0.1) is 18.3 Å². The van der Waals surface area contributed by atoms with Gasteiger partial charge in [0.1, 0.15) is 0 Å². The van der Waals surface area contributed by atoms with E-state index in [-0.39, 0.29) is 0 Å². The highest BCUT2D eigenvalue weighted by Gasteiger charge is 2.01. The largest absolute Gasteiger partial charge is 0.251 e. The van der Waals surface area contributed by atoms with Crippen LogP contribution in [0.5, 0.6) is 0 Å². The highest BCUT2D eigenvalue weighted by atomic mass is 32.2. The molecular formula is C12H19NS. The molecule has 0 aromatic carbocycles. The Morgan fingerprint density at radius 3 is 2.79 bits per heavy atom. The number of nitrogens with zero attached hydrogens (tertiary/aromatic N) is 1. The van der Waals surface area contributed by atoms with E-state index in [1.165, 1.54) is 0 Å². The van der Waals surface area contributed by atoms with E-state index in [0.29, 0.717) is 5.92 Å². The van der Waals surface area contributed by atoms with Gasteiger partial charge >= 0.3 is 0 Å². The third-order valence-electron chi connectivity index (χ3n) is 1.82. The summed E-state index contributed by atoms with van der Waals surface area (Å²) < 4.78 is 0. The predicted molar refractivity (Wildman–Crippen MR) is 68.9 cm³/mol. The lowest BCUT2D eigenvalue weighted by Crippen LogP contribution is -1.96. The van der Waals surface area contributed by atoms with Crippen LogP contribution in [0, 0.1) is 5.92 Å². The molecular weight excluding hydrogens is 190 g/mol. The molecule has 0 saturated carbocycles. The van der Waals surface area contributed by atoms with Crippen molar-refractivity contribution in [1.82, 2.24) is 0 Å². The summed E-state index contributed by atoms with van der Waals surface area (Å²) in [5.74, 6) is 1.58. The number of aliphatic imine (C=N–C) groups is 1. The second-order valence-corrected chi connectivity index (χ2v) is 4.01. The molecule has 0 spiro atoms. The van der Waals surface area contributed by atoms with E-state index in [9.17, 15) is 0 Å². The van der Waals surface area contributed by atoms with Gasteiger partial charge in [0, 0.05) is 12.0 Å². The van der Waals surface area contributed by atoms with Crippen molar-refractivity contribution < 1.29 is 0 Å². The molecule has 0 heterocycles. The van der Waals surface area contributed by atoms with Crippen LogP contribution in [-0.2, 0) is 0 Å². The van der Waals surface area contributed by atoms with Crippen LogP contribution in [0.15, 0.2) is 41.4 Å². The minimum absolute atomic E-state index is 0.564. The molecule has 0 saturated heterocycles. The second kappa shape index (κ2) is 8.82. The Morgan fingerprint density at radius 1 is 1.57 bits per heavy atom. The molecule has 0 aromatic rings. The van der Waals surface area contributed by atoms with Crippen LogP contribution in [0.1, 0.15) is 20.3 Å². The first-order valence-corrected chi connectivity index (χ1v) is 5.82. The average molecular weight is 209 g/mol. The molecule has 0 radical (unpaired) electrons. The molecule has 0 aromatic heterocycles. The van der Waals surface area contributed by atoms with Crippen molar-refractivity contribution in [1.29, 1.82) is 0 Å². The van der Waals surface area contributed by atoms with Crippen LogP contribution in [-0.4, -0.2) is 12.0 Å². The highest BCUT2D eigenvalue weighted by Crippen LogP contribution is 2.20. The van der Waals surface area contributed by atoms with Crippen LogP contribution < -0.4 is 0 Å². The first-order chi connectivity index (χ1) is 6.74. The van der Waals surface area contributed by atoms with Crippen LogP contribution in [0.2, 0.25) is 0 Å².